The molecular weight excluding hydrogens is 228 g/mol. The van der Waals surface area contributed by atoms with Crippen LogP contribution in [0.25, 0.3) is 10.2 Å². The SMILES string of the molecule is CCC(CC)NCCc1nc2ccccc2s1. The number of hydrogen-bond acceptors (Lipinski definition) is 3. The van der Waals surface area contributed by atoms with Crippen molar-refractivity contribution in [3.63, 3.8) is 0 Å². The zero-order valence-corrected chi connectivity index (χ0v) is 11.4. The van der Waals surface area contributed by atoms with Crippen LogP contribution in [0.4, 0.5) is 0 Å². The van der Waals surface area contributed by atoms with Crippen LogP contribution >= 0.6 is 11.3 Å². The summed E-state index contributed by atoms with van der Waals surface area (Å²) in [5, 5.41) is 4.82. The Kier molecular flexibility index (Phi) is 4.51. The smallest absolute Gasteiger partial charge is 0.0951 e. The molecule has 0 aliphatic rings. The van der Waals surface area contributed by atoms with Gasteiger partial charge in [0.2, 0.25) is 0 Å². The maximum Gasteiger partial charge on any atom is 0.0951 e. The van der Waals surface area contributed by atoms with E-state index < -0.39 is 0 Å². The molecule has 1 aromatic carbocycles. The normalized spacial score (nSPS) is 11.5. The number of aromatic nitrogens is 1. The van der Waals surface area contributed by atoms with Crippen LogP contribution in [0.1, 0.15) is 31.7 Å². The van der Waals surface area contributed by atoms with E-state index in [1.54, 1.807) is 0 Å². The molecule has 3 heteroatoms. The Morgan fingerprint density at radius 1 is 1.24 bits per heavy atom. The molecule has 0 spiro atoms. The Hall–Kier alpha value is -0.930. The van der Waals surface area contributed by atoms with Crippen molar-refractivity contribution in [1.29, 1.82) is 0 Å². The lowest BCUT2D eigenvalue weighted by atomic mass is 10.2. The van der Waals surface area contributed by atoms with Crippen molar-refractivity contribution in [1.82, 2.24) is 10.3 Å². The topological polar surface area (TPSA) is 24.9 Å². The van der Waals surface area contributed by atoms with E-state index in [1.807, 2.05) is 17.4 Å². The number of hydrogen-bond donors (Lipinski definition) is 1. The molecule has 2 nitrogen and oxygen atoms in total. The van der Waals surface area contributed by atoms with Crippen LogP contribution in [-0.4, -0.2) is 17.6 Å². The molecule has 0 bridgehead atoms. The van der Waals surface area contributed by atoms with Gasteiger partial charge in [-0.1, -0.05) is 26.0 Å². The molecule has 2 rings (SSSR count). The van der Waals surface area contributed by atoms with Gasteiger partial charge in [0.05, 0.1) is 15.2 Å². The van der Waals surface area contributed by atoms with E-state index in [-0.39, 0.29) is 0 Å². The highest BCUT2D eigenvalue weighted by Gasteiger charge is 2.05. The third-order valence-corrected chi connectivity index (χ3v) is 4.19. The third-order valence-electron chi connectivity index (χ3n) is 3.10. The molecule has 0 atom stereocenters. The predicted octanol–water partition coefficient (Wildman–Crippen LogP) is 3.62. The molecule has 0 aliphatic carbocycles. The first-order chi connectivity index (χ1) is 8.33. The van der Waals surface area contributed by atoms with Gasteiger partial charge in [-0.15, -0.1) is 11.3 Å². The summed E-state index contributed by atoms with van der Waals surface area (Å²) >= 11 is 1.81. The second-order valence-corrected chi connectivity index (χ2v) is 5.41. The van der Waals surface area contributed by atoms with Crippen molar-refractivity contribution < 1.29 is 0 Å². The zero-order chi connectivity index (χ0) is 12.1. The Bertz CT molecular complexity index is 427. The average Bonchev–Trinajstić information content (AvgIpc) is 2.77. The first-order valence-corrected chi connectivity index (χ1v) is 7.23. The molecule has 0 amide bonds. The fourth-order valence-corrected chi connectivity index (χ4v) is 2.95. The lowest BCUT2D eigenvalue weighted by Crippen LogP contribution is -2.29. The molecule has 0 fully saturated rings. The Labute approximate surface area is 107 Å². The van der Waals surface area contributed by atoms with E-state index in [4.69, 9.17) is 0 Å². The Morgan fingerprint density at radius 2 is 2.00 bits per heavy atom. The van der Waals surface area contributed by atoms with Crippen molar-refractivity contribution in [3.05, 3.63) is 29.3 Å². The summed E-state index contributed by atoms with van der Waals surface area (Å²) in [5.41, 5.74) is 1.13. The van der Waals surface area contributed by atoms with Crippen molar-refractivity contribution in [2.45, 2.75) is 39.2 Å². The molecule has 0 saturated heterocycles. The van der Waals surface area contributed by atoms with Crippen molar-refractivity contribution in [3.8, 4) is 0 Å². The zero-order valence-electron chi connectivity index (χ0n) is 10.6. The number of fused-ring (bicyclic) bond motifs is 1. The van der Waals surface area contributed by atoms with E-state index in [2.05, 4.69) is 42.3 Å². The number of thiazole rings is 1. The molecular formula is C14H20N2S. The molecule has 92 valence electrons. The molecule has 1 aromatic heterocycles. The second kappa shape index (κ2) is 6.12. The number of para-hydroxylation sites is 1. The number of rotatable bonds is 6. The standard InChI is InChI=1S/C14H20N2S/c1-3-11(4-2)15-10-9-14-16-12-7-5-6-8-13(12)17-14/h5-8,11,15H,3-4,9-10H2,1-2H3. The molecule has 0 unspecified atom stereocenters. The minimum absolute atomic E-state index is 0.657. The molecule has 0 saturated carbocycles. The van der Waals surface area contributed by atoms with Crippen LogP contribution < -0.4 is 5.32 Å². The lowest BCUT2D eigenvalue weighted by Gasteiger charge is -2.13. The van der Waals surface area contributed by atoms with Gasteiger partial charge in [0, 0.05) is 19.0 Å². The summed E-state index contributed by atoms with van der Waals surface area (Å²) < 4.78 is 1.30. The summed E-state index contributed by atoms with van der Waals surface area (Å²) in [6, 6.07) is 9.01. The monoisotopic (exact) mass is 248 g/mol. The molecule has 1 N–H and O–H groups in total. The summed E-state index contributed by atoms with van der Waals surface area (Å²) in [7, 11) is 0. The van der Waals surface area contributed by atoms with Gasteiger partial charge in [0.15, 0.2) is 0 Å². The highest BCUT2D eigenvalue weighted by Crippen LogP contribution is 2.21. The fourth-order valence-electron chi connectivity index (χ4n) is 1.99. The minimum Gasteiger partial charge on any atom is -0.314 e. The molecule has 2 aromatic rings. The Balaban J connectivity index is 1.90. The van der Waals surface area contributed by atoms with E-state index >= 15 is 0 Å². The molecule has 0 aliphatic heterocycles. The van der Waals surface area contributed by atoms with E-state index in [9.17, 15) is 0 Å². The number of nitrogens with zero attached hydrogens (tertiary/aromatic N) is 1. The van der Waals surface area contributed by atoms with Crippen molar-refractivity contribution >= 4 is 21.6 Å². The summed E-state index contributed by atoms with van der Waals surface area (Å²) in [6.45, 7) is 5.50. The number of benzene rings is 1. The molecule has 1 heterocycles. The first-order valence-electron chi connectivity index (χ1n) is 6.41. The third kappa shape index (κ3) is 3.27. The highest BCUT2D eigenvalue weighted by atomic mass is 32.1. The van der Waals surface area contributed by atoms with Crippen LogP contribution in [0.5, 0.6) is 0 Å². The quantitative estimate of drug-likeness (QED) is 0.844. The van der Waals surface area contributed by atoms with Crippen molar-refractivity contribution in [2.24, 2.45) is 0 Å². The van der Waals surface area contributed by atoms with Crippen LogP contribution in [0.15, 0.2) is 24.3 Å². The van der Waals surface area contributed by atoms with Crippen molar-refractivity contribution in [2.75, 3.05) is 6.54 Å². The lowest BCUT2D eigenvalue weighted by molar-refractivity contribution is 0.488. The first kappa shape index (κ1) is 12.5. The van der Waals surface area contributed by atoms with E-state index in [0.717, 1.165) is 18.5 Å². The maximum absolute atomic E-state index is 4.64. The van der Waals surface area contributed by atoms with Crippen LogP contribution in [0.2, 0.25) is 0 Å². The second-order valence-electron chi connectivity index (χ2n) is 4.29. The van der Waals surface area contributed by atoms with Gasteiger partial charge in [0.25, 0.3) is 0 Å². The van der Waals surface area contributed by atoms with Gasteiger partial charge in [-0.2, -0.15) is 0 Å². The van der Waals surface area contributed by atoms with Crippen LogP contribution in [0.3, 0.4) is 0 Å². The largest absolute Gasteiger partial charge is 0.314 e. The van der Waals surface area contributed by atoms with Gasteiger partial charge in [-0.25, -0.2) is 4.98 Å². The minimum atomic E-state index is 0.657. The molecule has 17 heavy (non-hydrogen) atoms. The number of nitrogens with one attached hydrogen (secondary N) is 1. The van der Waals surface area contributed by atoms with Gasteiger partial charge >= 0.3 is 0 Å². The Morgan fingerprint density at radius 3 is 2.71 bits per heavy atom. The van der Waals surface area contributed by atoms with E-state index in [1.165, 1.54) is 22.5 Å². The summed E-state index contributed by atoms with van der Waals surface area (Å²) in [4.78, 5) is 4.64. The molecule has 0 radical (unpaired) electrons. The van der Waals surface area contributed by atoms with Gasteiger partial charge in [-0.05, 0) is 25.0 Å². The maximum atomic E-state index is 4.64. The summed E-state index contributed by atoms with van der Waals surface area (Å²) in [5.74, 6) is 0. The fraction of sp³-hybridized carbons (Fsp3) is 0.500. The van der Waals surface area contributed by atoms with Crippen LogP contribution in [0, 0.1) is 0 Å². The van der Waals surface area contributed by atoms with E-state index in [0.29, 0.717) is 6.04 Å². The average molecular weight is 248 g/mol. The van der Waals surface area contributed by atoms with Gasteiger partial charge < -0.3 is 5.32 Å². The highest BCUT2D eigenvalue weighted by molar-refractivity contribution is 7.18. The van der Waals surface area contributed by atoms with Gasteiger partial charge in [0.1, 0.15) is 0 Å². The predicted molar refractivity (Wildman–Crippen MR) is 75.7 cm³/mol. The van der Waals surface area contributed by atoms with Crippen LogP contribution in [-0.2, 0) is 6.42 Å². The summed E-state index contributed by atoms with van der Waals surface area (Å²) in [6.07, 6.45) is 3.45. The van der Waals surface area contributed by atoms with Gasteiger partial charge in [-0.3, -0.25) is 0 Å².